The second-order valence-electron chi connectivity index (χ2n) is 5.45. The number of hydrogen-bond acceptors (Lipinski definition) is 1. The first-order chi connectivity index (χ1) is 8.10. The molecule has 2 atom stereocenters. The van der Waals surface area contributed by atoms with E-state index in [0.717, 1.165) is 24.5 Å². The van der Waals surface area contributed by atoms with Gasteiger partial charge >= 0.3 is 0 Å². The molecule has 94 valence electrons. The van der Waals surface area contributed by atoms with E-state index in [0.29, 0.717) is 17.9 Å². The molecule has 1 aliphatic rings. The molecule has 1 aliphatic heterocycles. The highest BCUT2D eigenvalue weighted by Crippen LogP contribution is 2.33. The standard InChI is InChI=1S/C15H21ClO/c1-10(2)13(9-16)8-14-7-12-6-11(3)4-5-15(12)17-14/h4-6,10,13-14H,7-9H2,1-3H3. The largest absolute Gasteiger partial charge is 0.490 e. The maximum Gasteiger partial charge on any atom is 0.123 e. The van der Waals surface area contributed by atoms with E-state index in [1.165, 1.54) is 11.1 Å². The van der Waals surface area contributed by atoms with Crippen LogP contribution in [0.3, 0.4) is 0 Å². The van der Waals surface area contributed by atoms with E-state index in [1.807, 2.05) is 0 Å². The average Bonchev–Trinajstić information content (AvgIpc) is 2.66. The second kappa shape index (κ2) is 5.30. The summed E-state index contributed by atoms with van der Waals surface area (Å²) in [5.74, 6) is 2.98. The highest BCUT2D eigenvalue weighted by atomic mass is 35.5. The molecule has 2 heteroatoms. The number of hydrogen-bond donors (Lipinski definition) is 0. The molecule has 0 fully saturated rings. The van der Waals surface area contributed by atoms with Crippen molar-refractivity contribution in [3.05, 3.63) is 29.3 Å². The van der Waals surface area contributed by atoms with Crippen molar-refractivity contribution in [3.8, 4) is 5.75 Å². The van der Waals surface area contributed by atoms with Gasteiger partial charge in [0, 0.05) is 12.3 Å². The fraction of sp³-hybridized carbons (Fsp3) is 0.600. The number of rotatable bonds is 4. The zero-order valence-electron chi connectivity index (χ0n) is 10.9. The van der Waals surface area contributed by atoms with Crippen LogP contribution in [0, 0.1) is 18.8 Å². The Morgan fingerprint density at radius 3 is 2.82 bits per heavy atom. The van der Waals surface area contributed by atoms with Gasteiger partial charge in [-0.25, -0.2) is 0 Å². The minimum Gasteiger partial charge on any atom is -0.490 e. The van der Waals surface area contributed by atoms with Crippen LogP contribution < -0.4 is 4.74 Å². The fourth-order valence-corrected chi connectivity index (χ4v) is 2.91. The first-order valence-electron chi connectivity index (χ1n) is 6.42. The lowest BCUT2D eigenvalue weighted by atomic mass is 9.90. The third-order valence-electron chi connectivity index (χ3n) is 3.66. The van der Waals surface area contributed by atoms with E-state index in [-0.39, 0.29) is 0 Å². The summed E-state index contributed by atoms with van der Waals surface area (Å²) >= 11 is 6.02. The minimum atomic E-state index is 0.318. The molecular weight excluding hydrogens is 232 g/mol. The molecule has 1 heterocycles. The van der Waals surface area contributed by atoms with Crippen LogP contribution in [-0.2, 0) is 6.42 Å². The van der Waals surface area contributed by atoms with Crippen LogP contribution in [0.15, 0.2) is 18.2 Å². The van der Waals surface area contributed by atoms with Gasteiger partial charge in [-0.05, 0) is 36.8 Å². The van der Waals surface area contributed by atoms with Crippen LogP contribution in [0.1, 0.15) is 31.4 Å². The molecule has 2 rings (SSSR count). The highest BCUT2D eigenvalue weighted by molar-refractivity contribution is 6.18. The summed E-state index contributed by atoms with van der Waals surface area (Å²) in [6, 6.07) is 6.44. The Balaban J connectivity index is 2.00. The lowest BCUT2D eigenvalue weighted by molar-refractivity contribution is 0.183. The third-order valence-corrected chi connectivity index (χ3v) is 4.06. The van der Waals surface area contributed by atoms with E-state index >= 15 is 0 Å². The molecule has 1 nitrogen and oxygen atoms in total. The number of benzene rings is 1. The predicted molar refractivity (Wildman–Crippen MR) is 73.0 cm³/mol. The first-order valence-corrected chi connectivity index (χ1v) is 6.95. The molecule has 0 radical (unpaired) electrons. The van der Waals surface area contributed by atoms with E-state index in [2.05, 4.69) is 39.0 Å². The van der Waals surface area contributed by atoms with E-state index in [4.69, 9.17) is 16.3 Å². The minimum absolute atomic E-state index is 0.318. The summed E-state index contributed by atoms with van der Waals surface area (Å²) in [7, 11) is 0. The summed E-state index contributed by atoms with van der Waals surface area (Å²) < 4.78 is 5.99. The Morgan fingerprint density at radius 1 is 1.41 bits per heavy atom. The summed E-state index contributed by atoms with van der Waals surface area (Å²) in [6.45, 7) is 6.60. The van der Waals surface area contributed by atoms with Crippen LogP contribution in [0.2, 0.25) is 0 Å². The summed E-state index contributed by atoms with van der Waals surface area (Å²) in [4.78, 5) is 0. The van der Waals surface area contributed by atoms with Crippen molar-refractivity contribution < 1.29 is 4.74 Å². The summed E-state index contributed by atoms with van der Waals surface area (Å²) in [5.41, 5.74) is 2.66. The van der Waals surface area contributed by atoms with Gasteiger partial charge in [0.2, 0.25) is 0 Å². The molecule has 0 amide bonds. The Morgan fingerprint density at radius 2 is 2.18 bits per heavy atom. The predicted octanol–water partition coefficient (Wildman–Crippen LogP) is 4.20. The van der Waals surface area contributed by atoms with E-state index < -0.39 is 0 Å². The van der Waals surface area contributed by atoms with Crippen LogP contribution >= 0.6 is 11.6 Å². The monoisotopic (exact) mass is 252 g/mol. The Kier molecular flexibility index (Phi) is 3.98. The van der Waals surface area contributed by atoms with Crippen molar-refractivity contribution in [2.45, 2.75) is 39.7 Å². The molecule has 0 N–H and O–H groups in total. The topological polar surface area (TPSA) is 9.23 Å². The van der Waals surface area contributed by atoms with Gasteiger partial charge in [0.25, 0.3) is 0 Å². The smallest absolute Gasteiger partial charge is 0.123 e. The maximum absolute atomic E-state index is 6.02. The van der Waals surface area contributed by atoms with Crippen molar-refractivity contribution >= 4 is 11.6 Å². The van der Waals surface area contributed by atoms with Crippen molar-refractivity contribution in [1.82, 2.24) is 0 Å². The number of fused-ring (bicyclic) bond motifs is 1. The van der Waals surface area contributed by atoms with Gasteiger partial charge in [0.15, 0.2) is 0 Å². The molecule has 1 aromatic rings. The molecule has 0 aromatic heterocycles. The number of halogens is 1. The molecule has 2 unspecified atom stereocenters. The van der Waals surface area contributed by atoms with Crippen molar-refractivity contribution in [2.75, 3.05) is 5.88 Å². The van der Waals surface area contributed by atoms with Crippen LogP contribution in [-0.4, -0.2) is 12.0 Å². The molecule has 17 heavy (non-hydrogen) atoms. The maximum atomic E-state index is 6.02. The van der Waals surface area contributed by atoms with Crippen molar-refractivity contribution in [2.24, 2.45) is 11.8 Å². The SMILES string of the molecule is Cc1ccc2c(c1)CC(CC(CCl)C(C)C)O2. The molecule has 0 saturated carbocycles. The lowest BCUT2D eigenvalue weighted by Gasteiger charge is -2.21. The van der Waals surface area contributed by atoms with Crippen molar-refractivity contribution in [1.29, 1.82) is 0 Å². The molecule has 0 spiro atoms. The zero-order valence-corrected chi connectivity index (χ0v) is 11.6. The molecule has 0 aliphatic carbocycles. The van der Waals surface area contributed by atoms with Crippen molar-refractivity contribution in [3.63, 3.8) is 0 Å². The molecular formula is C15H21ClO. The van der Waals surface area contributed by atoms with E-state index in [1.54, 1.807) is 0 Å². The summed E-state index contributed by atoms with van der Waals surface area (Å²) in [6.07, 6.45) is 2.42. The molecule has 1 aromatic carbocycles. The normalized spacial score (nSPS) is 20.2. The number of alkyl halides is 1. The van der Waals surface area contributed by atoms with Gasteiger partial charge in [0.05, 0.1) is 0 Å². The van der Waals surface area contributed by atoms with Crippen LogP contribution in [0.25, 0.3) is 0 Å². The average molecular weight is 253 g/mol. The van der Waals surface area contributed by atoms with Gasteiger partial charge < -0.3 is 4.74 Å². The third kappa shape index (κ3) is 2.95. The molecule has 0 saturated heterocycles. The lowest BCUT2D eigenvalue weighted by Crippen LogP contribution is -2.22. The Hall–Kier alpha value is -0.690. The molecule has 0 bridgehead atoms. The van der Waals surface area contributed by atoms with Gasteiger partial charge in [-0.3, -0.25) is 0 Å². The highest BCUT2D eigenvalue weighted by Gasteiger charge is 2.26. The number of aryl methyl sites for hydroxylation is 1. The van der Waals surface area contributed by atoms with E-state index in [9.17, 15) is 0 Å². The Labute approximate surface area is 109 Å². The first kappa shape index (κ1) is 12.8. The second-order valence-corrected chi connectivity index (χ2v) is 5.76. The van der Waals surface area contributed by atoms with Gasteiger partial charge in [-0.1, -0.05) is 31.5 Å². The van der Waals surface area contributed by atoms with Gasteiger partial charge in [-0.2, -0.15) is 0 Å². The Bertz CT molecular complexity index is 387. The fourth-order valence-electron chi connectivity index (χ4n) is 2.43. The summed E-state index contributed by atoms with van der Waals surface area (Å²) in [5, 5.41) is 0. The zero-order chi connectivity index (χ0) is 12.4. The van der Waals surface area contributed by atoms with Gasteiger partial charge in [-0.15, -0.1) is 11.6 Å². The van der Waals surface area contributed by atoms with Crippen LogP contribution in [0.5, 0.6) is 5.75 Å². The van der Waals surface area contributed by atoms with Crippen LogP contribution in [0.4, 0.5) is 0 Å². The van der Waals surface area contributed by atoms with Gasteiger partial charge in [0.1, 0.15) is 11.9 Å². The quantitative estimate of drug-likeness (QED) is 0.730. The number of ether oxygens (including phenoxy) is 1.